The van der Waals surface area contributed by atoms with E-state index in [0.717, 1.165) is 44.6 Å². The molecular weight excluding hydrogens is 430 g/mol. The van der Waals surface area contributed by atoms with Gasteiger partial charge in [0.05, 0.1) is 15.4 Å². The van der Waals surface area contributed by atoms with Gasteiger partial charge in [-0.3, -0.25) is 9.59 Å². The van der Waals surface area contributed by atoms with Crippen LogP contribution in [0.5, 0.6) is 0 Å². The van der Waals surface area contributed by atoms with Crippen molar-refractivity contribution in [2.75, 3.05) is 6.61 Å². The fourth-order valence-corrected chi connectivity index (χ4v) is 5.97. The molecule has 0 bridgehead atoms. The Balaban J connectivity index is 1.45. The Morgan fingerprint density at radius 2 is 1.56 bits per heavy atom. The topological polar surface area (TPSA) is 107 Å². The highest BCUT2D eigenvalue weighted by molar-refractivity contribution is 7.91. The van der Waals surface area contributed by atoms with Crippen molar-refractivity contribution in [3.05, 3.63) is 59.2 Å². The first-order valence-corrected chi connectivity index (χ1v) is 12.4. The van der Waals surface area contributed by atoms with E-state index in [9.17, 15) is 22.8 Å². The van der Waals surface area contributed by atoms with Gasteiger partial charge in [0, 0.05) is 17.2 Å². The van der Waals surface area contributed by atoms with Crippen molar-refractivity contribution in [3.63, 3.8) is 0 Å². The Bertz CT molecular complexity index is 1160. The number of benzene rings is 2. The highest BCUT2D eigenvalue weighted by Gasteiger charge is 2.35. The molecule has 8 heteroatoms. The summed E-state index contributed by atoms with van der Waals surface area (Å²) < 4.78 is 31.1. The Hall–Kier alpha value is -3.00. The van der Waals surface area contributed by atoms with Crippen LogP contribution in [0, 0.1) is 0 Å². The van der Waals surface area contributed by atoms with E-state index in [4.69, 9.17) is 4.74 Å². The smallest absolute Gasteiger partial charge is 0.338 e. The normalized spacial score (nSPS) is 17.9. The van der Waals surface area contributed by atoms with Gasteiger partial charge < -0.3 is 10.1 Å². The van der Waals surface area contributed by atoms with Crippen LogP contribution < -0.4 is 5.32 Å². The molecule has 7 nitrogen and oxygen atoms in total. The summed E-state index contributed by atoms with van der Waals surface area (Å²) in [5, 5.41) is 2.92. The maximum atomic E-state index is 13.0. The minimum atomic E-state index is -3.96. The molecule has 0 spiro atoms. The Morgan fingerprint density at radius 1 is 0.906 bits per heavy atom. The Morgan fingerprint density at radius 3 is 2.31 bits per heavy atom. The van der Waals surface area contributed by atoms with E-state index < -0.39 is 28.2 Å². The maximum absolute atomic E-state index is 13.0. The number of carbonyl (C=O) groups excluding carboxylic acids is 3. The lowest BCUT2D eigenvalue weighted by Gasteiger charge is -2.21. The van der Waals surface area contributed by atoms with Crippen molar-refractivity contribution >= 4 is 27.5 Å². The summed E-state index contributed by atoms with van der Waals surface area (Å²) in [5.74, 6) is -1.61. The monoisotopic (exact) mass is 455 g/mol. The van der Waals surface area contributed by atoms with Gasteiger partial charge in [-0.05, 0) is 43.2 Å². The second kappa shape index (κ2) is 9.24. The second-order valence-electron chi connectivity index (χ2n) is 8.23. The van der Waals surface area contributed by atoms with Crippen LogP contribution in [0.25, 0.3) is 0 Å². The minimum Gasteiger partial charge on any atom is -0.452 e. The van der Waals surface area contributed by atoms with Gasteiger partial charge in [0.15, 0.2) is 12.4 Å². The lowest BCUT2D eigenvalue weighted by atomic mass is 9.97. The molecular formula is C24H25NO6S. The molecule has 2 aromatic rings. The molecule has 1 amide bonds. The van der Waals surface area contributed by atoms with Gasteiger partial charge in [-0.15, -0.1) is 0 Å². The van der Waals surface area contributed by atoms with Crippen molar-refractivity contribution in [3.8, 4) is 0 Å². The third-order valence-corrected chi connectivity index (χ3v) is 7.83. The summed E-state index contributed by atoms with van der Waals surface area (Å²) in [6.45, 7) is -0.444. The van der Waals surface area contributed by atoms with Crippen LogP contribution in [0.1, 0.15) is 71.2 Å². The maximum Gasteiger partial charge on any atom is 0.338 e. The molecule has 0 radical (unpaired) electrons. The number of hydrogen-bond acceptors (Lipinski definition) is 6. The third-order valence-electron chi connectivity index (χ3n) is 5.98. The number of amides is 1. The molecule has 1 aliphatic heterocycles. The SMILES string of the molecule is O=C(COC(=O)c1ccc2c(c1)S(=O)(=O)c1ccccc1C2=O)NC1CCCCCCC1. The number of carbonyl (C=O) groups is 3. The Labute approximate surface area is 187 Å². The van der Waals surface area contributed by atoms with Gasteiger partial charge >= 0.3 is 5.97 Å². The number of fused-ring (bicyclic) bond motifs is 2. The van der Waals surface area contributed by atoms with Crippen LogP contribution in [0.3, 0.4) is 0 Å². The lowest BCUT2D eigenvalue weighted by molar-refractivity contribution is -0.125. The summed E-state index contributed by atoms with van der Waals surface area (Å²) in [4.78, 5) is 37.1. The fraction of sp³-hybridized carbons (Fsp3) is 0.375. The first kappa shape index (κ1) is 22.2. The van der Waals surface area contributed by atoms with Crippen LogP contribution in [0.2, 0.25) is 0 Å². The van der Waals surface area contributed by atoms with Crippen molar-refractivity contribution < 1.29 is 27.5 Å². The van der Waals surface area contributed by atoms with E-state index in [1.54, 1.807) is 12.1 Å². The summed E-state index contributed by atoms with van der Waals surface area (Å²) >= 11 is 0. The summed E-state index contributed by atoms with van der Waals surface area (Å²) in [7, 11) is -3.96. The molecule has 0 aromatic heterocycles. The number of esters is 1. The first-order chi connectivity index (χ1) is 15.4. The zero-order valence-electron chi connectivity index (χ0n) is 17.6. The van der Waals surface area contributed by atoms with Gasteiger partial charge in [0.2, 0.25) is 9.84 Å². The van der Waals surface area contributed by atoms with E-state index >= 15 is 0 Å². The number of rotatable bonds is 4. The Kier molecular flexibility index (Phi) is 6.41. The molecule has 1 saturated carbocycles. The van der Waals surface area contributed by atoms with E-state index in [0.29, 0.717) is 0 Å². The van der Waals surface area contributed by atoms with Gasteiger partial charge in [-0.25, -0.2) is 13.2 Å². The largest absolute Gasteiger partial charge is 0.452 e. The second-order valence-corrected chi connectivity index (χ2v) is 10.1. The molecule has 2 aliphatic rings. The highest BCUT2D eigenvalue weighted by atomic mass is 32.2. The summed E-state index contributed by atoms with van der Waals surface area (Å²) in [5.41, 5.74) is 0.0988. The zero-order valence-corrected chi connectivity index (χ0v) is 18.4. The average molecular weight is 456 g/mol. The molecule has 1 aliphatic carbocycles. The quantitative estimate of drug-likeness (QED) is 0.604. The standard InChI is InChI=1S/C24H25NO6S/c26-22(25-17-8-4-2-1-3-5-9-17)15-31-24(28)16-12-13-19-21(14-16)32(29,30)20-11-7-6-10-18(20)23(19)27/h6-7,10-14,17H,1-5,8-9,15H2,(H,25,26). The summed E-state index contributed by atoms with van der Waals surface area (Å²) in [6.07, 6.45) is 7.51. The predicted octanol–water partition coefficient (Wildman–Crippen LogP) is 3.45. The molecule has 2 aromatic carbocycles. The number of ether oxygens (including phenoxy) is 1. The lowest BCUT2D eigenvalue weighted by Crippen LogP contribution is -2.38. The number of hydrogen-bond donors (Lipinski definition) is 1. The van der Waals surface area contributed by atoms with E-state index in [1.165, 1.54) is 30.7 Å². The molecule has 32 heavy (non-hydrogen) atoms. The number of nitrogens with one attached hydrogen (secondary N) is 1. The molecule has 4 rings (SSSR count). The third kappa shape index (κ3) is 4.46. The summed E-state index contributed by atoms with van der Waals surface area (Å²) in [6, 6.07) is 9.87. The van der Waals surface area contributed by atoms with Crippen molar-refractivity contribution in [1.82, 2.24) is 5.32 Å². The van der Waals surface area contributed by atoms with E-state index in [1.807, 2.05) is 0 Å². The van der Waals surface area contributed by atoms with Crippen molar-refractivity contribution in [2.45, 2.75) is 60.8 Å². The van der Waals surface area contributed by atoms with Crippen LogP contribution in [0.4, 0.5) is 0 Å². The molecule has 168 valence electrons. The molecule has 0 unspecified atom stereocenters. The highest BCUT2D eigenvalue weighted by Crippen LogP contribution is 2.34. The van der Waals surface area contributed by atoms with Gasteiger partial charge in [0.25, 0.3) is 5.91 Å². The molecule has 1 heterocycles. The molecule has 0 saturated heterocycles. The predicted molar refractivity (Wildman–Crippen MR) is 116 cm³/mol. The average Bonchev–Trinajstić information content (AvgIpc) is 2.77. The van der Waals surface area contributed by atoms with Crippen molar-refractivity contribution in [1.29, 1.82) is 0 Å². The van der Waals surface area contributed by atoms with Crippen molar-refractivity contribution in [2.24, 2.45) is 0 Å². The molecule has 1 fully saturated rings. The fourth-order valence-electron chi connectivity index (χ4n) is 4.30. The molecule has 1 N–H and O–H groups in total. The van der Waals surface area contributed by atoms with E-state index in [2.05, 4.69) is 5.32 Å². The van der Waals surface area contributed by atoms with Gasteiger partial charge in [-0.2, -0.15) is 0 Å². The number of ketones is 1. The first-order valence-electron chi connectivity index (χ1n) is 10.9. The molecule has 0 atom stereocenters. The van der Waals surface area contributed by atoms with Crippen LogP contribution in [-0.4, -0.2) is 38.7 Å². The zero-order chi connectivity index (χ0) is 22.7. The van der Waals surface area contributed by atoms with E-state index in [-0.39, 0.29) is 38.4 Å². The minimum absolute atomic E-state index is 0.0160. The van der Waals surface area contributed by atoms with Crippen LogP contribution >= 0.6 is 0 Å². The van der Waals surface area contributed by atoms with Crippen LogP contribution in [-0.2, 0) is 19.4 Å². The number of sulfone groups is 1. The van der Waals surface area contributed by atoms with Crippen LogP contribution in [0.15, 0.2) is 52.3 Å². The van der Waals surface area contributed by atoms with Gasteiger partial charge in [-0.1, -0.05) is 44.2 Å². The van der Waals surface area contributed by atoms with Gasteiger partial charge in [0.1, 0.15) is 0 Å².